The second-order valence-electron chi connectivity index (χ2n) is 3.78. The van der Waals surface area contributed by atoms with Crippen molar-refractivity contribution in [2.24, 2.45) is 0 Å². The van der Waals surface area contributed by atoms with Crippen LogP contribution in [0.2, 0.25) is 0 Å². The Balaban J connectivity index is 2.21. The summed E-state index contributed by atoms with van der Waals surface area (Å²) in [4.78, 5) is 24.5. The number of carbonyl (C=O) groups is 2. The van der Waals surface area contributed by atoms with Crippen molar-refractivity contribution in [2.75, 3.05) is 19.6 Å². The molecule has 2 amide bonds. The normalized spacial score (nSPS) is 15.5. The number of aromatic hydroxyl groups is 2. The van der Waals surface area contributed by atoms with Crippen LogP contribution in [0, 0.1) is 0 Å². The van der Waals surface area contributed by atoms with Gasteiger partial charge in [0.2, 0.25) is 5.91 Å². The van der Waals surface area contributed by atoms with Crippen LogP contribution >= 0.6 is 0 Å². The van der Waals surface area contributed by atoms with Crippen LogP contribution in [-0.2, 0) is 4.79 Å². The SMILES string of the molecule is O=C1CN(C(=O)c2ccc(O)cc2O)CCN1. The molecule has 1 aromatic carbocycles. The van der Waals surface area contributed by atoms with Gasteiger partial charge >= 0.3 is 0 Å². The molecule has 90 valence electrons. The van der Waals surface area contributed by atoms with E-state index in [2.05, 4.69) is 5.32 Å². The lowest BCUT2D eigenvalue weighted by Crippen LogP contribution is -2.49. The van der Waals surface area contributed by atoms with Gasteiger partial charge in [0.05, 0.1) is 12.1 Å². The first-order valence-electron chi connectivity index (χ1n) is 5.16. The molecule has 0 bridgehead atoms. The van der Waals surface area contributed by atoms with E-state index < -0.39 is 5.91 Å². The van der Waals surface area contributed by atoms with Crippen molar-refractivity contribution in [3.63, 3.8) is 0 Å². The molecule has 1 aromatic rings. The lowest BCUT2D eigenvalue weighted by Gasteiger charge is -2.26. The predicted octanol–water partition coefficient (Wildman–Crippen LogP) is -0.330. The molecule has 0 radical (unpaired) electrons. The summed E-state index contributed by atoms with van der Waals surface area (Å²) in [6.45, 7) is 0.799. The Bertz CT molecular complexity index is 473. The minimum Gasteiger partial charge on any atom is -0.508 e. The summed E-state index contributed by atoms with van der Waals surface area (Å²) in [6.07, 6.45) is 0. The van der Waals surface area contributed by atoms with Crippen LogP contribution in [0.1, 0.15) is 10.4 Å². The molecule has 2 rings (SSSR count). The molecule has 0 aliphatic carbocycles. The zero-order valence-electron chi connectivity index (χ0n) is 9.01. The van der Waals surface area contributed by atoms with Crippen LogP contribution < -0.4 is 5.32 Å². The smallest absolute Gasteiger partial charge is 0.258 e. The van der Waals surface area contributed by atoms with Crippen molar-refractivity contribution in [3.05, 3.63) is 23.8 Å². The van der Waals surface area contributed by atoms with Gasteiger partial charge in [0.25, 0.3) is 5.91 Å². The Kier molecular flexibility index (Phi) is 2.86. The molecule has 1 heterocycles. The fourth-order valence-corrected chi connectivity index (χ4v) is 1.68. The molecular weight excluding hydrogens is 224 g/mol. The van der Waals surface area contributed by atoms with Crippen molar-refractivity contribution in [3.8, 4) is 11.5 Å². The number of benzene rings is 1. The molecule has 17 heavy (non-hydrogen) atoms. The maximum Gasteiger partial charge on any atom is 0.258 e. The number of hydrogen-bond donors (Lipinski definition) is 3. The standard InChI is InChI=1S/C11H12N2O4/c14-7-1-2-8(9(15)5-7)11(17)13-4-3-12-10(16)6-13/h1-2,5,14-15H,3-4,6H2,(H,12,16). The molecule has 0 atom stereocenters. The fourth-order valence-electron chi connectivity index (χ4n) is 1.68. The van der Waals surface area contributed by atoms with Gasteiger partial charge in [-0.3, -0.25) is 9.59 Å². The number of phenols is 2. The molecule has 1 saturated heterocycles. The van der Waals surface area contributed by atoms with Gasteiger partial charge in [-0.25, -0.2) is 0 Å². The maximum atomic E-state index is 12.0. The highest BCUT2D eigenvalue weighted by Crippen LogP contribution is 2.23. The number of nitrogens with zero attached hydrogens (tertiary/aromatic N) is 1. The minimum atomic E-state index is -0.419. The quantitative estimate of drug-likeness (QED) is 0.622. The molecule has 3 N–H and O–H groups in total. The summed E-state index contributed by atoms with van der Waals surface area (Å²) < 4.78 is 0. The van der Waals surface area contributed by atoms with Gasteiger partial charge in [-0.2, -0.15) is 0 Å². The highest BCUT2D eigenvalue weighted by atomic mass is 16.3. The van der Waals surface area contributed by atoms with Crippen molar-refractivity contribution >= 4 is 11.8 Å². The number of hydrogen-bond acceptors (Lipinski definition) is 4. The lowest BCUT2D eigenvalue weighted by molar-refractivity contribution is -0.123. The Morgan fingerprint density at radius 2 is 2.12 bits per heavy atom. The van der Waals surface area contributed by atoms with Crippen molar-refractivity contribution in [2.45, 2.75) is 0 Å². The summed E-state index contributed by atoms with van der Waals surface area (Å²) in [6, 6.07) is 3.74. The van der Waals surface area contributed by atoms with Crippen LogP contribution in [0.5, 0.6) is 11.5 Å². The molecule has 6 nitrogen and oxygen atoms in total. The van der Waals surface area contributed by atoms with E-state index in [4.69, 9.17) is 5.11 Å². The molecule has 0 spiro atoms. The van der Waals surface area contributed by atoms with E-state index in [1.54, 1.807) is 0 Å². The van der Waals surface area contributed by atoms with E-state index in [0.717, 1.165) is 6.07 Å². The molecule has 1 fully saturated rings. The van der Waals surface area contributed by atoms with Crippen molar-refractivity contribution < 1.29 is 19.8 Å². The summed E-state index contributed by atoms with van der Waals surface area (Å²) >= 11 is 0. The topological polar surface area (TPSA) is 89.9 Å². The first kappa shape index (κ1) is 11.3. The van der Waals surface area contributed by atoms with Gasteiger partial charge in [-0.15, -0.1) is 0 Å². The van der Waals surface area contributed by atoms with Crippen LogP contribution in [0.3, 0.4) is 0 Å². The number of amides is 2. The van der Waals surface area contributed by atoms with E-state index in [0.29, 0.717) is 13.1 Å². The lowest BCUT2D eigenvalue weighted by atomic mass is 10.1. The third-order valence-electron chi connectivity index (χ3n) is 2.54. The Hall–Kier alpha value is -2.24. The van der Waals surface area contributed by atoms with Crippen LogP contribution in [0.15, 0.2) is 18.2 Å². The number of piperazine rings is 1. The molecule has 6 heteroatoms. The third kappa shape index (κ3) is 2.30. The predicted molar refractivity (Wildman–Crippen MR) is 58.7 cm³/mol. The van der Waals surface area contributed by atoms with Crippen LogP contribution in [-0.4, -0.2) is 46.6 Å². The van der Waals surface area contributed by atoms with E-state index in [-0.39, 0.29) is 29.5 Å². The number of phenolic OH excluding ortho intramolecular Hbond substituents is 2. The van der Waals surface area contributed by atoms with Gasteiger partial charge in [0.15, 0.2) is 0 Å². The molecule has 0 unspecified atom stereocenters. The Morgan fingerprint density at radius 3 is 2.76 bits per heavy atom. The first-order chi connectivity index (χ1) is 8.08. The monoisotopic (exact) mass is 236 g/mol. The number of rotatable bonds is 1. The van der Waals surface area contributed by atoms with E-state index in [9.17, 15) is 14.7 Å². The van der Waals surface area contributed by atoms with E-state index in [1.165, 1.54) is 17.0 Å². The highest BCUT2D eigenvalue weighted by molar-refractivity contribution is 5.99. The number of carbonyl (C=O) groups excluding carboxylic acids is 2. The van der Waals surface area contributed by atoms with E-state index >= 15 is 0 Å². The van der Waals surface area contributed by atoms with Gasteiger partial charge < -0.3 is 20.4 Å². The van der Waals surface area contributed by atoms with Gasteiger partial charge in [-0.1, -0.05) is 0 Å². The molecule has 1 aliphatic heterocycles. The maximum absolute atomic E-state index is 12.0. The second-order valence-corrected chi connectivity index (χ2v) is 3.78. The third-order valence-corrected chi connectivity index (χ3v) is 2.54. The second kappa shape index (κ2) is 4.32. The molecule has 0 aromatic heterocycles. The summed E-state index contributed by atoms with van der Waals surface area (Å²) in [5.41, 5.74) is 0.0810. The van der Waals surface area contributed by atoms with Gasteiger partial charge in [0.1, 0.15) is 11.5 Å². The van der Waals surface area contributed by atoms with Crippen LogP contribution in [0.25, 0.3) is 0 Å². The average molecular weight is 236 g/mol. The largest absolute Gasteiger partial charge is 0.508 e. The summed E-state index contributed by atoms with van der Waals surface area (Å²) in [7, 11) is 0. The fraction of sp³-hybridized carbons (Fsp3) is 0.273. The first-order valence-corrected chi connectivity index (χ1v) is 5.16. The van der Waals surface area contributed by atoms with Crippen molar-refractivity contribution in [1.82, 2.24) is 10.2 Å². The summed E-state index contributed by atoms with van der Waals surface area (Å²) in [5.74, 6) is -1.04. The average Bonchev–Trinajstić information content (AvgIpc) is 2.28. The van der Waals surface area contributed by atoms with Crippen molar-refractivity contribution in [1.29, 1.82) is 0 Å². The Morgan fingerprint density at radius 1 is 1.35 bits per heavy atom. The summed E-state index contributed by atoms with van der Waals surface area (Å²) in [5, 5.41) is 21.3. The van der Waals surface area contributed by atoms with Crippen LogP contribution in [0.4, 0.5) is 0 Å². The highest BCUT2D eigenvalue weighted by Gasteiger charge is 2.24. The Labute approximate surface area is 97.5 Å². The zero-order chi connectivity index (χ0) is 12.4. The number of nitrogens with one attached hydrogen (secondary N) is 1. The molecular formula is C11H12N2O4. The van der Waals surface area contributed by atoms with E-state index in [1.807, 2.05) is 0 Å². The van der Waals surface area contributed by atoms with Gasteiger partial charge in [0, 0.05) is 19.2 Å². The minimum absolute atomic E-state index is 0.0147. The van der Waals surface area contributed by atoms with Gasteiger partial charge in [-0.05, 0) is 12.1 Å². The molecule has 1 aliphatic rings. The molecule has 0 saturated carbocycles. The zero-order valence-corrected chi connectivity index (χ0v) is 9.01.